The second-order valence-electron chi connectivity index (χ2n) is 7.16. The third kappa shape index (κ3) is 6.80. The van der Waals surface area contributed by atoms with Crippen LogP contribution in [0.2, 0.25) is 0 Å². The van der Waals surface area contributed by atoms with Gasteiger partial charge in [0, 0.05) is 29.9 Å². The Labute approximate surface area is 181 Å². The maximum Gasteiger partial charge on any atom is 0.326 e. The summed E-state index contributed by atoms with van der Waals surface area (Å²) in [6.07, 6.45) is 0.0286. The highest BCUT2D eigenvalue weighted by atomic mass is 16.4. The molecule has 12 heteroatoms. The van der Waals surface area contributed by atoms with Crippen molar-refractivity contribution in [2.24, 2.45) is 5.73 Å². The zero-order valence-corrected chi connectivity index (χ0v) is 16.9. The smallest absolute Gasteiger partial charge is 0.326 e. The number of aromatic nitrogens is 1. The minimum Gasteiger partial charge on any atom is -0.481 e. The van der Waals surface area contributed by atoms with Gasteiger partial charge in [-0.2, -0.15) is 0 Å². The highest BCUT2D eigenvalue weighted by Gasteiger charge is 2.29. The Hall–Kier alpha value is -3.93. The number of amides is 2. The Morgan fingerprint density at radius 2 is 1.59 bits per heavy atom. The van der Waals surface area contributed by atoms with Crippen LogP contribution in [0.1, 0.15) is 24.8 Å². The van der Waals surface area contributed by atoms with Crippen LogP contribution in [0.5, 0.6) is 0 Å². The third-order valence-electron chi connectivity index (χ3n) is 4.72. The monoisotopic (exact) mass is 448 g/mol. The number of carbonyl (C=O) groups excluding carboxylic acids is 2. The summed E-state index contributed by atoms with van der Waals surface area (Å²) < 4.78 is 0. The number of aromatic amines is 1. The molecule has 3 atom stereocenters. The van der Waals surface area contributed by atoms with Crippen LogP contribution in [0.15, 0.2) is 30.5 Å². The first-order chi connectivity index (χ1) is 15.1. The van der Waals surface area contributed by atoms with Crippen molar-refractivity contribution in [2.75, 3.05) is 0 Å². The van der Waals surface area contributed by atoms with E-state index in [9.17, 15) is 29.1 Å². The number of carboxylic acids is 3. The molecule has 1 aromatic heterocycles. The molecule has 3 unspecified atom stereocenters. The summed E-state index contributed by atoms with van der Waals surface area (Å²) in [7, 11) is 0. The lowest BCUT2D eigenvalue weighted by molar-refractivity contribution is -0.143. The Kier molecular flexibility index (Phi) is 8.30. The molecule has 2 rings (SSSR count). The van der Waals surface area contributed by atoms with Crippen LogP contribution < -0.4 is 16.4 Å². The molecule has 12 nitrogen and oxygen atoms in total. The van der Waals surface area contributed by atoms with E-state index in [0.717, 1.165) is 10.9 Å². The fourth-order valence-electron chi connectivity index (χ4n) is 3.09. The number of para-hydroxylation sites is 1. The minimum absolute atomic E-state index is 0.0663. The van der Waals surface area contributed by atoms with Crippen molar-refractivity contribution in [1.29, 1.82) is 0 Å². The largest absolute Gasteiger partial charge is 0.481 e. The zero-order chi connectivity index (χ0) is 23.8. The summed E-state index contributed by atoms with van der Waals surface area (Å²) in [6, 6.07) is 2.96. The summed E-state index contributed by atoms with van der Waals surface area (Å²) in [5.74, 6) is -5.78. The standard InChI is InChI=1S/C20H24N4O8/c21-12(8-17(27)28)18(29)23-14(5-6-16(25)26)19(30)24-15(20(31)32)7-10-9-22-13-4-2-1-3-11(10)13/h1-4,9,12,14-15,22H,5-8,21H2,(H,23,29)(H,24,30)(H,25,26)(H,27,28)(H,31,32). The zero-order valence-electron chi connectivity index (χ0n) is 16.9. The summed E-state index contributed by atoms with van der Waals surface area (Å²) in [6.45, 7) is 0. The van der Waals surface area contributed by atoms with Gasteiger partial charge in [0.2, 0.25) is 11.8 Å². The molecule has 172 valence electrons. The van der Waals surface area contributed by atoms with E-state index >= 15 is 0 Å². The van der Waals surface area contributed by atoms with Gasteiger partial charge in [-0.1, -0.05) is 18.2 Å². The lowest BCUT2D eigenvalue weighted by Gasteiger charge is -2.22. The lowest BCUT2D eigenvalue weighted by Crippen LogP contribution is -2.55. The maximum absolute atomic E-state index is 12.7. The average molecular weight is 448 g/mol. The number of benzene rings is 1. The second-order valence-corrected chi connectivity index (χ2v) is 7.16. The molecule has 1 aromatic carbocycles. The Balaban J connectivity index is 2.14. The number of aliphatic carboxylic acids is 3. The van der Waals surface area contributed by atoms with Crippen LogP contribution in [0.4, 0.5) is 0 Å². The summed E-state index contributed by atoms with van der Waals surface area (Å²) in [4.78, 5) is 61.2. The number of nitrogens with one attached hydrogen (secondary N) is 3. The van der Waals surface area contributed by atoms with Gasteiger partial charge >= 0.3 is 17.9 Å². The van der Waals surface area contributed by atoms with E-state index in [-0.39, 0.29) is 12.8 Å². The van der Waals surface area contributed by atoms with Gasteiger partial charge in [-0.05, 0) is 18.1 Å². The highest BCUT2D eigenvalue weighted by Crippen LogP contribution is 2.19. The molecule has 0 spiro atoms. The van der Waals surface area contributed by atoms with Gasteiger partial charge in [0.1, 0.15) is 12.1 Å². The molecule has 0 saturated carbocycles. The number of fused-ring (bicyclic) bond motifs is 1. The van der Waals surface area contributed by atoms with E-state index in [1.165, 1.54) is 0 Å². The lowest BCUT2D eigenvalue weighted by atomic mass is 10.0. The van der Waals surface area contributed by atoms with Crippen molar-refractivity contribution in [3.63, 3.8) is 0 Å². The van der Waals surface area contributed by atoms with Gasteiger partial charge in [-0.25, -0.2) is 4.79 Å². The fourth-order valence-corrected chi connectivity index (χ4v) is 3.09. The van der Waals surface area contributed by atoms with E-state index in [4.69, 9.17) is 15.9 Å². The predicted octanol–water partition coefficient (Wildman–Crippen LogP) is -0.569. The third-order valence-corrected chi connectivity index (χ3v) is 4.72. The number of nitrogens with two attached hydrogens (primary N) is 1. The van der Waals surface area contributed by atoms with Gasteiger partial charge in [-0.3, -0.25) is 19.2 Å². The van der Waals surface area contributed by atoms with Gasteiger partial charge in [-0.15, -0.1) is 0 Å². The molecular weight excluding hydrogens is 424 g/mol. The summed E-state index contributed by atoms with van der Waals surface area (Å²) >= 11 is 0. The van der Waals surface area contributed by atoms with E-state index in [1.807, 2.05) is 12.1 Å². The SMILES string of the molecule is NC(CC(=O)O)C(=O)NC(CCC(=O)O)C(=O)NC(Cc1c[nH]c2ccccc12)C(=O)O. The van der Waals surface area contributed by atoms with Crippen molar-refractivity contribution < 1.29 is 39.3 Å². The number of hydrogen-bond acceptors (Lipinski definition) is 6. The van der Waals surface area contributed by atoms with Gasteiger partial charge in [0.05, 0.1) is 12.5 Å². The first kappa shape index (κ1) is 24.3. The van der Waals surface area contributed by atoms with Gasteiger partial charge in [0.25, 0.3) is 0 Å². The topological polar surface area (TPSA) is 212 Å². The average Bonchev–Trinajstić information content (AvgIpc) is 3.12. The maximum atomic E-state index is 12.7. The van der Waals surface area contributed by atoms with Crippen molar-refractivity contribution in [3.8, 4) is 0 Å². The van der Waals surface area contributed by atoms with Crippen LogP contribution in [-0.4, -0.2) is 68.2 Å². The van der Waals surface area contributed by atoms with Gasteiger partial charge < -0.3 is 36.7 Å². The minimum atomic E-state index is -1.46. The second kappa shape index (κ2) is 10.9. The molecule has 0 radical (unpaired) electrons. The Bertz CT molecular complexity index is 1020. The van der Waals surface area contributed by atoms with Crippen LogP contribution in [-0.2, 0) is 30.4 Å². The van der Waals surface area contributed by atoms with Crippen LogP contribution >= 0.6 is 0 Å². The molecule has 0 aliphatic carbocycles. The first-order valence-electron chi connectivity index (χ1n) is 9.66. The molecule has 0 saturated heterocycles. The summed E-state index contributed by atoms with van der Waals surface area (Å²) in [5, 5.41) is 32.5. The van der Waals surface area contributed by atoms with Crippen molar-refractivity contribution in [3.05, 3.63) is 36.0 Å². The number of carboxylic acid groups (broad SMARTS) is 3. The first-order valence-corrected chi connectivity index (χ1v) is 9.66. The highest BCUT2D eigenvalue weighted by molar-refractivity contribution is 5.93. The number of carbonyl (C=O) groups is 5. The van der Waals surface area contributed by atoms with Crippen LogP contribution in [0.25, 0.3) is 10.9 Å². The molecule has 8 N–H and O–H groups in total. The van der Waals surface area contributed by atoms with Crippen molar-refractivity contribution in [2.45, 2.75) is 43.8 Å². The molecular formula is C20H24N4O8. The Morgan fingerprint density at radius 1 is 0.938 bits per heavy atom. The molecule has 2 aromatic rings. The summed E-state index contributed by atoms with van der Waals surface area (Å²) in [5.41, 5.74) is 6.91. The van der Waals surface area contributed by atoms with Gasteiger partial charge in [0.15, 0.2) is 0 Å². The van der Waals surface area contributed by atoms with Crippen LogP contribution in [0.3, 0.4) is 0 Å². The van der Waals surface area contributed by atoms with Crippen LogP contribution in [0, 0.1) is 0 Å². The molecule has 0 fully saturated rings. The molecule has 0 aliphatic heterocycles. The quantitative estimate of drug-likeness (QED) is 0.221. The number of hydrogen-bond donors (Lipinski definition) is 7. The van der Waals surface area contributed by atoms with Crippen molar-refractivity contribution >= 4 is 40.6 Å². The van der Waals surface area contributed by atoms with E-state index in [2.05, 4.69) is 15.6 Å². The molecule has 0 bridgehead atoms. The predicted molar refractivity (Wildman–Crippen MR) is 111 cm³/mol. The Morgan fingerprint density at radius 3 is 2.22 bits per heavy atom. The normalized spacial score (nSPS) is 13.7. The number of rotatable bonds is 12. The number of H-pyrrole nitrogens is 1. The van der Waals surface area contributed by atoms with Crippen molar-refractivity contribution in [1.82, 2.24) is 15.6 Å². The molecule has 2 amide bonds. The molecule has 1 heterocycles. The van der Waals surface area contributed by atoms with E-state index in [0.29, 0.717) is 5.56 Å². The molecule has 0 aliphatic rings. The van der Waals surface area contributed by atoms with E-state index < -0.39 is 60.7 Å². The fraction of sp³-hybridized carbons (Fsp3) is 0.350. The van der Waals surface area contributed by atoms with E-state index in [1.54, 1.807) is 18.3 Å². The molecule has 32 heavy (non-hydrogen) atoms.